The largest absolute Gasteiger partial charge is 0.466 e. The topological polar surface area (TPSA) is 35.5 Å². The molecule has 1 unspecified atom stereocenters. The number of hydrogen-bond donors (Lipinski definition) is 0. The summed E-state index contributed by atoms with van der Waals surface area (Å²) in [6.45, 7) is 4.52. The molecule has 1 heterocycles. The molecule has 3 heteroatoms. The molecule has 0 spiro atoms. The molecule has 0 bridgehead atoms. The first-order chi connectivity index (χ1) is 9.29. The van der Waals surface area contributed by atoms with Crippen molar-refractivity contribution in [3.63, 3.8) is 0 Å². The van der Waals surface area contributed by atoms with Gasteiger partial charge in [-0.05, 0) is 31.6 Å². The van der Waals surface area contributed by atoms with Crippen LogP contribution in [0.15, 0.2) is 0 Å². The summed E-state index contributed by atoms with van der Waals surface area (Å²) >= 11 is 0. The zero-order valence-corrected chi connectivity index (χ0v) is 12.5. The highest BCUT2D eigenvalue weighted by molar-refractivity contribution is 5.69. The van der Waals surface area contributed by atoms with Crippen molar-refractivity contribution in [2.24, 2.45) is 5.92 Å². The molecule has 1 aliphatic heterocycles. The molecule has 0 N–H and O–H groups in total. The van der Waals surface area contributed by atoms with Crippen molar-refractivity contribution in [1.82, 2.24) is 0 Å². The number of ether oxygens (including phenoxy) is 2. The Morgan fingerprint density at radius 3 is 2.26 bits per heavy atom. The average Bonchev–Trinajstić information content (AvgIpc) is 2.39. The molecule has 0 aromatic heterocycles. The number of esters is 1. The summed E-state index contributed by atoms with van der Waals surface area (Å²) in [4.78, 5) is 11.5. The van der Waals surface area contributed by atoms with Crippen molar-refractivity contribution in [1.29, 1.82) is 0 Å². The van der Waals surface area contributed by atoms with Gasteiger partial charge in [0.25, 0.3) is 0 Å². The van der Waals surface area contributed by atoms with Crippen LogP contribution in [0.3, 0.4) is 0 Å². The number of hydrogen-bond acceptors (Lipinski definition) is 3. The Labute approximate surface area is 118 Å². The molecule has 1 saturated heterocycles. The van der Waals surface area contributed by atoms with Gasteiger partial charge in [-0.15, -0.1) is 0 Å². The SMILES string of the molecule is CC1CCOCCCCCCCCCC(=O)OCC1. The Hall–Kier alpha value is -0.570. The Kier molecular flexibility index (Phi) is 9.78. The van der Waals surface area contributed by atoms with E-state index < -0.39 is 0 Å². The van der Waals surface area contributed by atoms with Crippen LogP contribution in [0.4, 0.5) is 0 Å². The Morgan fingerprint density at radius 2 is 1.47 bits per heavy atom. The molecule has 112 valence electrons. The van der Waals surface area contributed by atoms with Crippen molar-refractivity contribution in [2.45, 2.75) is 71.1 Å². The van der Waals surface area contributed by atoms with Gasteiger partial charge in [-0.25, -0.2) is 0 Å². The van der Waals surface area contributed by atoms with Crippen LogP contribution in [0.5, 0.6) is 0 Å². The highest BCUT2D eigenvalue weighted by Crippen LogP contribution is 2.12. The highest BCUT2D eigenvalue weighted by atomic mass is 16.5. The second-order valence-electron chi connectivity index (χ2n) is 5.74. The molecule has 1 fully saturated rings. The average molecular weight is 270 g/mol. The molecular formula is C16H30O3. The van der Waals surface area contributed by atoms with Crippen molar-refractivity contribution in [3.8, 4) is 0 Å². The van der Waals surface area contributed by atoms with Gasteiger partial charge in [0.2, 0.25) is 0 Å². The van der Waals surface area contributed by atoms with Crippen molar-refractivity contribution < 1.29 is 14.3 Å². The lowest BCUT2D eigenvalue weighted by Crippen LogP contribution is -2.10. The van der Waals surface area contributed by atoms with Crippen molar-refractivity contribution >= 4 is 5.97 Å². The maximum Gasteiger partial charge on any atom is 0.305 e. The van der Waals surface area contributed by atoms with E-state index in [1.807, 2.05) is 0 Å². The van der Waals surface area contributed by atoms with Crippen LogP contribution in [0.2, 0.25) is 0 Å². The van der Waals surface area contributed by atoms with Gasteiger partial charge in [-0.2, -0.15) is 0 Å². The van der Waals surface area contributed by atoms with E-state index in [0.29, 0.717) is 18.9 Å². The van der Waals surface area contributed by atoms with Gasteiger partial charge in [0, 0.05) is 19.6 Å². The second kappa shape index (κ2) is 11.3. The maximum atomic E-state index is 11.5. The van der Waals surface area contributed by atoms with Crippen molar-refractivity contribution in [2.75, 3.05) is 19.8 Å². The lowest BCUT2D eigenvalue weighted by atomic mass is 10.1. The minimum absolute atomic E-state index is 0.0206. The molecule has 0 aromatic carbocycles. The molecule has 19 heavy (non-hydrogen) atoms. The van der Waals surface area contributed by atoms with Gasteiger partial charge >= 0.3 is 5.97 Å². The summed E-state index contributed by atoms with van der Waals surface area (Å²) in [5, 5.41) is 0. The molecule has 0 amide bonds. The van der Waals surface area contributed by atoms with E-state index in [2.05, 4.69) is 6.92 Å². The fourth-order valence-electron chi connectivity index (χ4n) is 2.33. The first-order valence-electron chi connectivity index (χ1n) is 8.02. The molecule has 1 aliphatic rings. The monoisotopic (exact) mass is 270 g/mol. The Morgan fingerprint density at radius 1 is 0.842 bits per heavy atom. The van der Waals surface area contributed by atoms with Crippen LogP contribution in [0, 0.1) is 5.92 Å². The quantitative estimate of drug-likeness (QED) is 0.622. The van der Waals surface area contributed by atoms with Gasteiger partial charge in [-0.1, -0.05) is 39.0 Å². The summed E-state index contributed by atoms with van der Waals surface area (Å²) in [5.74, 6) is 0.552. The lowest BCUT2D eigenvalue weighted by Gasteiger charge is -2.11. The number of carbonyl (C=O) groups excluding carboxylic acids is 1. The van der Waals surface area contributed by atoms with E-state index in [9.17, 15) is 4.79 Å². The summed E-state index contributed by atoms with van der Waals surface area (Å²) in [6.07, 6.45) is 11.0. The Bertz CT molecular complexity index is 228. The second-order valence-corrected chi connectivity index (χ2v) is 5.74. The first kappa shape index (κ1) is 16.5. The zero-order chi connectivity index (χ0) is 13.8. The lowest BCUT2D eigenvalue weighted by molar-refractivity contribution is -0.144. The summed E-state index contributed by atoms with van der Waals surface area (Å²) in [7, 11) is 0. The van der Waals surface area contributed by atoms with Crippen LogP contribution in [-0.2, 0) is 14.3 Å². The number of rotatable bonds is 0. The van der Waals surface area contributed by atoms with E-state index >= 15 is 0 Å². The van der Waals surface area contributed by atoms with Gasteiger partial charge in [0.15, 0.2) is 0 Å². The van der Waals surface area contributed by atoms with Crippen LogP contribution in [-0.4, -0.2) is 25.8 Å². The smallest absolute Gasteiger partial charge is 0.305 e. The number of cyclic esters (lactones) is 1. The molecule has 0 aliphatic carbocycles. The molecule has 0 saturated carbocycles. The van der Waals surface area contributed by atoms with Gasteiger partial charge in [-0.3, -0.25) is 4.79 Å². The van der Waals surface area contributed by atoms with Crippen LogP contribution in [0.1, 0.15) is 71.1 Å². The third kappa shape index (κ3) is 9.94. The van der Waals surface area contributed by atoms with E-state index in [0.717, 1.165) is 38.9 Å². The molecule has 1 rings (SSSR count). The van der Waals surface area contributed by atoms with Gasteiger partial charge in [0.05, 0.1) is 6.61 Å². The summed E-state index contributed by atoms with van der Waals surface area (Å²) < 4.78 is 10.9. The predicted molar refractivity (Wildman–Crippen MR) is 77.1 cm³/mol. The first-order valence-corrected chi connectivity index (χ1v) is 8.02. The van der Waals surface area contributed by atoms with Crippen LogP contribution >= 0.6 is 0 Å². The number of carbonyl (C=O) groups is 1. The minimum Gasteiger partial charge on any atom is -0.466 e. The fraction of sp³-hybridized carbons (Fsp3) is 0.938. The van der Waals surface area contributed by atoms with Crippen LogP contribution < -0.4 is 0 Å². The van der Waals surface area contributed by atoms with Gasteiger partial charge < -0.3 is 9.47 Å². The molecule has 0 aromatic rings. The molecular weight excluding hydrogens is 240 g/mol. The summed E-state index contributed by atoms with van der Waals surface area (Å²) in [6, 6.07) is 0. The predicted octanol–water partition coefficient (Wildman–Crippen LogP) is 4.10. The standard InChI is InChI=1S/C16H30O3/c1-15-10-13-18-12-8-6-4-2-3-5-7-9-16(17)19-14-11-15/h15H,2-14H2,1H3. The van der Waals surface area contributed by atoms with Crippen molar-refractivity contribution in [3.05, 3.63) is 0 Å². The maximum absolute atomic E-state index is 11.5. The molecule has 1 atom stereocenters. The van der Waals surface area contributed by atoms with E-state index in [-0.39, 0.29) is 5.97 Å². The third-order valence-electron chi connectivity index (χ3n) is 3.80. The van der Waals surface area contributed by atoms with E-state index in [1.165, 1.54) is 32.1 Å². The molecule has 3 nitrogen and oxygen atoms in total. The van der Waals surface area contributed by atoms with Gasteiger partial charge in [0.1, 0.15) is 0 Å². The Balaban J connectivity index is 2.20. The zero-order valence-electron chi connectivity index (χ0n) is 12.5. The third-order valence-corrected chi connectivity index (χ3v) is 3.80. The van der Waals surface area contributed by atoms with E-state index in [4.69, 9.17) is 9.47 Å². The van der Waals surface area contributed by atoms with Crippen LogP contribution in [0.25, 0.3) is 0 Å². The summed E-state index contributed by atoms with van der Waals surface area (Å²) in [5.41, 5.74) is 0. The highest BCUT2D eigenvalue weighted by Gasteiger charge is 2.06. The fourth-order valence-corrected chi connectivity index (χ4v) is 2.33. The molecule has 0 radical (unpaired) electrons. The van der Waals surface area contributed by atoms with E-state index in [1.54, 1.807) is 0 Å². The normalized spacial score (nSPS) is 26.4. The minimum atomic E-state index is -0.0206.